The Labute approximate surface area is 407 Å². The van der Waals surface area contributed by atoms with Crippen LogP contribution in [0.4, 0.5) is 4.79 Å². The summed E-state index contributed by atoms with van der Waals surface area (Å²) in [7, 11) is 6.81. The fraction of sp³-hybridized carbons (Fsp3) is 0.725. The number of likely N-dealkylation sites (N-methyl/N-ethyl adjacent to an activating group) is 1. The number of methoxy groups -OCH3 is 2. The summed E-state index contributed by atoms with van der Waals surface area (Å²) in [5, 5.41) is 28.8. The van der Waals surface area contributed by atoms with Gasteiger partial charge in [0.1, 0.15) is 30.1 Å². The van der Waals surface area contributed by atoms with Crippen LogP contribution in [0.3, 0.4) is 0 Å². The molecule has 0 spiro atoms. The molecule has 0 radical (unpaired) electrons. The number of amides is 1. The summed E-state index contributed by atoms with van der Waals surface area (Å²) < 4.78 is 51.5. The molecule has 18 heteroatoms. The van der Waals surface area contributed by atoms with Crippen molar-refractivity contribution in [1.82, 2.24) is 19.9 Å². The molecule has 4 fully saturated rings. The van der Waals surface area contributed by atoms with E-state index in [-0.39, 0.29) is 37.2 Å². The number of hydrogen-bond donors (Lipinski definition) is 2. The zero-order valence-corrected chi connectivity index (χ0v) is 43.2. The number of hydrogen-bond acceptors (Lipinski definition) is 17. The van der Waals surface area contributed by atoms with E-state index in [0.717, 1.165) is 10.6 Å². The lowest BCUT2D eigenvalue weighted by atomic mass is 9.73. The molecule has 2 N–H and O–H groups in total. The zero-order chi connectivity index (χ0) is 50.9. The molecule has 2 aromatic rings. The van der Waals surface area contributed by atoms with Crippen LogP contribution in [0.5, 0.6) is 0 Å². The van der Waals surface area contributed by atoms with Gasteiger partial charge in [-0.3, -0.25) is 9.59 Å². The average molecular weight is 968 g/mol. The highest BCUT2D eigenvalue weighted by molar-refractivity contribution is 5.86. The Kier molecular flexibility index (Phi) is 17.2. The first-order chi connectivity index (χ1) is 32.4. The molecule has 0 bridgehead atoms. The lowest BCUT2D eigenvalue weighted by molar-refractivity contribution is -0.319. The van der Waals surface area contributed by atoms with Crippen molar-refractivity contribution >= 4 is 24.1 Å². The normalized spacial score (nSPS) is 40.6. The van der Waals surface area contributed by atoms with Gasteiger partial charge in [-0.05, 0) is 81.8 Å². The predicted octanol–water partition coefficient (Wildman–Crippen LogP) is 5.71. The lowest BCUT2D eigenvalue weighted by Gasteiger charge is -2.50. The Morgan fingerprint density at radius 2 is 1.59 bits per heavy atom. The van der Waals surface area contributed by atoms with Crippen molar-refractivity contribution in [3.63, 3.8) is 0 Å². The molecule has 18 nitrogen and oxygen atoms in total. The molecular weight excluding hydrogens is 891 g/mol. The van der Waals surface area contributed by atoms with Gasteiger partial charge in [0.25, 0.3) is 0 Å². The number of carbonyl (C=O) groups excluding carboxylic acids is 3. The largest absolute Gasteiger partial charge is 0.458 e. The predicted molar refractivity (Wildman–Crippen MR) is 255 cm³/mol. The van der Waals surface area contributed by atoms with Gasteiger partial charge in [-0.25, -0.2) is 14.8 Å². The minimum absolute atomic E-state index is 0.0939. The van der Waals surface area contributed by atoms with E-state index in [1.165, 1.54) is 20.4 Å². The van der Waals surface area contributed by atoms with E-state index in [4.69, 9.17) is 37.9 Å². The molecule has 6 rings (SSSR count). The number of aliphatic hydroxyl groups is 2. The standard InChI is InChI=1S/C51H77N5O13/c1-16-37-51(11)42(56(48(61)69-51)53-26-35-25-52-45(54-32(35)7)34-20-18-17-19-21-34)29(4)39(57)27(2)23-50(10,63-15)44(68-47-40(58)36(55(12)13)22-28(3)64-47)30(5)41(31(6)46(60)66-37)67-38-24-49(9,62-14)43(59)33(8)65-38/h17-21,25-31,33,36-38,40-44,47,58-59H,16,22-24H2,1-15H3/t27-,28?,29+,30+,31-,33?,36?,37-,38?,40?,41?,42-,43?,44-,47?,49?,50-,51-/m1/s1. The Morgan fingerprint density at radius 3 is 2.20 bits per heavy atom. The molecule has 69 heavy (non-hydrogen) atoms. The van der Waals surface area contributed by atoms with Gasteiger partial charge in [0.2, 0.25) is 0 Å². The monoisotopic (exact) mass is 968 g/mol. The summed E-state index contributed by atoms with van der Waals surface area (Å²) in [6.07, 6.45) is -5.10. The van der Waals surface area contributed by atoms with E-state index in [9.17, 15) is 19.8 Å². The number of rotatable bonds is 11. The number of aliphatic hydroxyl groups excluding tert-OH is 2. The highest BCUT2D eigenvalue weighted by Gasteiger charge is 2.61. The maximum atomic E-state index is 15.1. The number of cyclic esters (lactones) is 1. The molecule has 18 atom stereocenters. The van der Waals surface area contributed by atoms with Gasteiger partial charge < -0.3 is 53.0 Å². The van der Waals surface area contributed by atoms with Gasteiger partial charge in [0, 0.05) is 61.8 Å². The maximum Gasteiger partial charge on any atom is 0.431 e. The van der Waals surface area contributed by atoms with Crippen LogP contribution in [0.1, 0.15) is 106 Å². The van der Waals surface area contributed by atoms with Crippen molar-refractivity contribution in [3.8, 4) is 11.4 Å². The topological polar surface area (TPSA) is 210 Å². The Morgan fingerprint density at radius 1 is 0.928 bits per heavy atom. The molecule has 1 amide bonds. The third-order valence-corrected chi connectivity index (χ3v) is 15.4. The summed E-state index contributed by atoms with van der Waals surface area (Å²) in [4.78, 5) is 55.4. The summed E-state index contributed by atoms with van der Waals surface area (Å²) in [5.74, 6) is -3.83. The first kappa shape index (κ1) is 54.4. The van der Waals surface area contributed by atoms with Crippen LogP contribution < -0.4 is 0 Å². The van der Waals surface area contributed by atoms with Crippen LogP contribution in [-0.4, -0.2) is 167 Å². The van der Waals surface area contributed by atoms with Crippen molar-refractivity contribution < 1.29 is 62.5 Å². The number of ether oxygens (including phenoxy) is 8. The third-order valence-electron chi connectivity index (χ3n) is 15.4. The van der Waals surface area contributed by atoms with Crippen LogP contribution in [-0.2, 0) is 47.5 Å². The molecule has 0 aliphatic carbocycles. The van der Waals surface area contributed by atoms with Gasteiger partial charge in [-0.2, -0.15) is 10.1 Å². The zero-order valence-electron chi connectivity index (χ0n) is 43.2. The number of Topliss-reactive ketones (excluding diaryl/α,β-unsaturated/α-hetero) is 1. The molecule has 4 saturated heterocycles. The SMILES string of the molecule is CC[C@H]1OC(=O)[C@H](C)C(OC2CC(C)(OC)C(O)C(C)O2)[C@H](C)[C@@H](OC2OC(C)CC(N(C)C)C2O)[C@](C)(OC)C[C@@H](C)C(=O)[C@H](C)[C@H]2N(N=Cc3cnc(-c4ccccc4)nc3C)C(=O)O[C@]12C. The van der Waals surface area contributed by atoms with Gasteiger partial charge in [0.15, 0.2) is 24.0 Å². The first-order valence-corrected chi connectivity index (χ1v) is 24.4. The molecule has 9 unspecified atom stereocenters. The molecule has 384 valence electrons. The van der Waals surface area contributed by atoms with Crippen LogP contribution >= 0.6 is 0 Å². The number of esters is 1. The highest BCUT2D eigenvalue weighted by Crippen LogP contribution is 2.45. The summed E-state index contributed by atoms with van der Waals surface area (Å²) in [6.45, 7) is 19.6. The van der Waals surface area contributed by atoms with Crippen LogP contribution in [0.15, 0.2) is 41.6 Å². The van der Waals surface area contributed by atoms with E-state index >= 15 is 4.79 Å². The second kappa shape index (κ2) is 21.8. The van der Waals surface area contributed by atoms with Crippen molar-refractivity contribution in [2.24, 2.45) is 28.8 Å². The number of carbonyl (C=O) groups is 3. The van der Waals surface area contributed by atoms with Crippen molar-refractivity contribution in [1.29, 1.82) is 0 Å². The fourth-order valence-electron chi connectivity index (χ4n) is 11.1. The second-order valence-corrected chi connectivity index (χ2v) is 20.6. The minimum atomic E-state index is -1.58. The van der Waals surface area contributed by atoms with Gasteiger partial charge in [-0.1, -0.05) is 58.0 Å². The van der Waals surface area contributed by atoms with E-state index in [0.29, 0.717) is 23.5 Å². The third kappa shape index (κ3) is 11.1. The second-order valence-electron chi connectivity index (χ2n) is 20.6. The molecule has 1 aromatic heterocycles. The molecule has 5 heterocycles. The fourth-order valence-corrected chi connectivity index (χ4v) is 11.1. The molecule has 1 aromatic carbocycles. The Bertz CT molecular complexity index is 2130. The summed E-state index contributed by atoms with van der Waals surface area (Å²) in [6, 6.07) is 8.17. The Balaban J connectivity index is 1.45. The molecule has 4 aliphatic rings. The van der Waals surface area contributed by atoms with Crippen LogP contribution in [0.25, 0.3) is 11.4 Å². The summed E-state index contributed by atoms with van der Waals surface area (Å²) in [5.41, 5.74) is -1.97. The average Bonchev–Trinajstić information content (AvgIpc) is 3.58. The van der Waals surface area contributed by atoms with E-state index in [1.54, 1.807) is 47.7 Å². The minimum Gasteiger partial charge on any atom is -0.458 e. The number of aromatic nitrogens is 2. The van der Waals surface area contributed by atoms with Crippen LogP contribution in [0.2, 0.25) is 0 Å². The van der Waals surface area contributed by atoms with Gasteiger partial charge in [0.05, 0.1) is 53.4 Å². The number of nitrogens with zero attached hydrogens (tertiary/aromatic N) is 5. The van der Waals surface area contributed by atoms with Crippen molar-refractivity contribution in [2.75, 3.05) is 28.3 Å². The summed E-state index contributed by atoms with van der Waals surface area (Å²) >= 11 is 0. The number of fused-ring (bicyclic) bond motifs is 1. The smallest absolute Gasteiger partial charge is 0.431 e. The quantitative estimate of drug-likeness (QED) is 0.204. The molecule has 0 saturated carbocycles. The number of benzene rings is 1. The van der Waals surface area contributed by atoms with Crippen molar-refractivity contribution in [3.05, 3.63) is 47.8 Å². The van der Waals surface area contributed by atoms with Gasteiger partial charge in [-0.15, -0.1) is 0 Å². The maximum absolute atomic E-state index is 15.1. The van der Waals surface area contributed by atoms with E-state index < -0.39 is 108 Å². The van der Waals surface area contributed by atoms with E-state index in [1.807, 2.05) is 83.9 Å². The van der Waals surface area contributed by atoms with Crippen molar-refractivity contribution in [2.45, 2.75) is 186 Å². The highest BCUT2D eigenvalue weighted by atomic mass is 16.7. The molecule has 4 aliphatic heterocycles. The lowest BCUT2D eigenvalue weighted by Crippen LogP contribution is -2.61. The van der Waals surface area contributed by atoms with Gasteiger partial charge >= 0.3 is 12.1 Å². The number of aryl methyl sites for hydroxylation is 1. The number of hydrazone groups is 1. The molecular formula is C51H77N5O13. The number of ketones is 1. The van der Waals surface area contributed by atoms with E-state index in [2.05, 4.69) is 15.1 Å². The van der Waals surface area contributed by atoms with Crippen LogP contribution in [0, 0.1) is 30.6 Å². The Hall–Kier alpha value is -3.98. The first-order valence-electron chi connectivity index (χ1n) is 24.4.